The van der Waals surface area contributed by atoms with Gasteiger partial charge in [-0.25, -0.2) is 4.79 Å². The van der Waals surface area contributed by atoms with Crippen molar-refractivity contribution in [3.63, 3.8) is 0 Å². The molecule has 0 spiro atoms. The zero-order valence-electron chi connectivity index (χ0n) is 14.6. The van der Waals surface area contributed by atoms with Gasteiger partial charge in [-0.3, -0.25) is 4.79 Å². The predicted molar refractivity (Wildman–Crippen MR) is 97.4 cm³/mol. The molecular formula is C20H20N2O4. The Morgan fingerprint density at radius 2 is 1.81 bits per heavy atom. The van der Waals surface area contributed by atoms with Crippen molar-refractivity contribution in [3.05, 3.63) is 71.9 Å². The highest BCUT2D eigenvalue weighted by atomic mass is 16.5. The highest BCUT2D eigenvalue weighted by molar-refractivity contribution is 6.01. The van der Waals surface area contributed by atoms with Crippen LogP contribution in [0.4, 0.5) is 4.79 Å². The largest absolute Gasteiger partial charge is 0.497 e. The van der Waals surface area contributed by atoms with Crippen LogP contribution in [0.25, 0.3) is 0 Å². The molecule has 0 radical (unpaired) electrons. The lowest BCUT2D eigenvalue weighted by atomic mass is 9.83. The van der Waals surface area contributed by atoms with Gasteiger partial charge in [0.1, 0.15) is 11.5 Å². The van der Waals surface area contributed by atoms with E-state index in [-0.39, 0.29) is 5.78 Å². The van der Waals surface area contributed by atoms with Gasteiger partial charge in [0.25, 0.3) is 0 Å². The number of carbonyl (C=O) groups excluding carboxylic acids is 2. The molecule has 1 fully saturated rings. The number of hydrogen-bond donors (Lipinski definition) is 2. The topological polar surface area (TPSA) is 76.7 Å². The van der Waals surface area contributed by atoms with Crippen LogP contribution in [0.1, 0.15) is 22.0 Å². The highest BCUT2D eigenvalue weighted by Crippen LogP contribution is 2.38. The molecule has 0 aromatic heterocycles. The first-order chi connectivity index (χ1) is 12.5. The van der Waals surface area contributed by atoms with E-state index in [1.165, 1.54) is 7.11 Å². The fourth-order valence-corrected chi connectivity index (χ4v) is 3.11. The van der Waals surface area contributed by atoms with Crippen molar-refractivity contribution in [1.29, 1.82) is 0 Å². The molecule has 2 aromatic rings. The van der Waals surface area contributed by atoms with Crippen molar-refractivity contribution in [2.75, 3.05) is 14.2 Å². The van der Waals surface area contributed by atoms with Gasteiger partial charge in [-0.1, -0.05) is 36.9 Å². The van der Waals surface area contributed by atoms with Gasteiger partial charge >= 0.3 is 6.03 Å². The fourth-order valence-electron chi connectivity index (χ4n) is 3.11. The number of ether oxygens (including phenoxy) is 2. The zero-order chi connectivity index (χ0) is 18.7. The Bertz CT molecular complexity index is 848. The number of methoxy groups -OCH3 is 2. The second-order valence-electron chi connectivity index (χ2n) is 5.92. The molecule has 0 bridgehead atoms. The summed E-state index contributed by atoms with van der Waals surface area (Å²) < 4.78 is 10.7. The van der Waals surface area contributed by atoms with Gasteiger partial charge in [-0.15, -0.1) is 0 Å². The molecule has 0 aliphatic carbocycles. The Kier molecular flexibility index (Phi) is 4.93. The second-order valence-corrected chi connectivity index (χ2v) is 5.92. The summed E-state index contributed by atoms with van der Waals surface area (Å²) in [5.74, 6) is 0.342. The SMILES string of the molecule is C=C1NC(=O)N[C@@H](c2ccc(OC)cc2OC)[C@@H]1C(=O)c1ccccc1. The zero-order valence-corrected chi connectivity index (χ0v) is 14.6. The summed E-state index contributed by atoms with van der Waals surface area (Å²) in [5, 5.41) is 5.43. The van der Waals surface area contributed by atoms with E-state index in [9.17, 15) is 9.59 Å². The van der Waals surface area contributed by atoms with Crippen molar-refractivity contribution in [2.24, 2.45) is 5.92 Å². The number of hydrogen-bond acceptors (Lipinski definition) is 4. The molecule has 0 unspecified atom stereocenters. The Morgan fingerprint density at radius 1 is 1.08 bits per heavy atom. The molecule has 1 saturated heterocycles. The number of benzene rings is 2. The van der Waals surface area contributed by atoms with Crippen LogP contribution in [0.2, 0.25) is 0 Å². The minimum Gasteiger partial charge on any atom is -0.497 e. The molecule has 1 heterocycles. The predicted octanol–water partition coefficient (Wildman–Crippen LogP) is 3.07. The van der Waals surface area contributed by atoms with Crippen molar-refractivity contribution in [3.8, 4) is 11.5 Å². The summed E-state index contributed by atoms with van der Waals surface area (Å²) in [4.78, 5) is 25.1. The number of rotatable bonds is 5. The van der Waals surface area contributed by atoms with Crippen LogP contribution in [-0.2, 0) is 0 Å². The van der Waals surface area contributed by atoms with E-state index < -0.39 is 18.0 Å². The first-order valence-corrected chi connectivity index (χ1v) is 8.12. The summed E-state index contributed by atoms with van der Waals surface area (Å²) in [5.41, 5.74) is 1.58. The number of Topliss-reactive ketones (excluding diaryl/α,β-unsaturated/α-hetero) is 1. The minimum atomic E-state index is -0.669. The molecule has 134 valence electrons. The first kappa shape index (κ1) is 17.5. The lowest BCUT2D eigenvalue weighted by Crippen LogP contribution is -2.50. The molecule has 6 nitrogen and oxygen atoms in total. The van der Waals surface area contributed by atoms with E-state index >= 15 is 0 Å². The summed E-state index contributed by atoms with van der Waals surface area (Å²) in [6.45, 7) is 3.90. The molecule has 2 amide bonds. The molecule has 2 atom stereocenters. The van der Waals surface area contributed by atoms with E-state index in [2.05, 4.69) is 17.2 Å². The third-order valence-corrected chi connectivity index (χ3v) is 4.39. The van der Waals surface area contributed by atoms with E-state index in [0.29, 0.717) is 28.3 Å². The lowest BCUT2D eigenvalue weighted by Gasteiger charge is -2.34. The first-order valence-electron chi connectivity index (χ1n) is 8.12. The van der Waals surface area contributed by atoms with Crippen molar-refractivity contribution in [1.82, 2.24) is 10.6 Å². The maximum Gasteiger partial charge on any atom is 0.319 e. The summed E-state index contributed by atoms with van der Waals surface area (Å²) in [6, 6.07) is 13.2. The second kappa shape index (κ2) is 7.31. The van der Waals surface area contributed by atoms with Crippen LogP contribution < -0.4 is 20.1 Å². The maximum atomic E-state index is 13.1. The average molecular weight is 352 g/mol. The summed E-state index contributed by atoms with van der Waals surface area (Å²) in [7, 11) is 3.09. The maximum absolute atomic E-state index is 13.1. The van der Waals surface area contributed by atoms with E-state index in [1.807, 2.05) is 6.07 Å². The van der Waals surface area contributed by atoms with E-state index in [0.717, 1.165) is 0 Å². The van der Waals surface area contributed by atoms with Crippen molar-refractivity contribution >= 4 is 11.8 Å². The Balaban J connectivity index is 2.05. The fraction of sp³-hybridized carbons (Fsp3) is 0.200. The molecule has 1 aliphatic rings. The summed E-state index contributed by atoms with van der Waals surface area (Å²) in [6.07, 6.45) is 0. The molecular weight excluding hydrogens is 332 g/mol. The molecule has 2 aromatic carbocycles. The van der Waals surface area contributed by atoms with Gasteiger partial charge in [-0.2, -0.15) is 0 Å². The van der Waals surface area contributed by atoms with Crippen LogP contribution in [0.3, 0.4) is 0 Å². The smallest absolute Gasteiger partial charge is 0.319 e. The van der Waals surface area contributed by atoms with Gasteiger partial charge in [0, 0.05) is 22.9 Å². The normalized spacial score (nSPS) is 19.3. The van der Waals surface area contributed by atoms with Gasteiger partial charge in [0.15, 0.2) is 5.78 Å². The van der Waals surface area contributed by atoms with Crippen LogP contribution >= 0.6 is 0 Å². The van der Waals surface area contributed by atoms with E-state index in [1.54, 1.807) is 49.6 Å². The molecule has 6 heteroatoms. The van der Waals surface area contributed by atoms with Crippen LogP contribution in [0.15, 0.2) is 60.8 Å². The van der Waals surface area contributed by atoms with Crippen LogP contribution in [0, 0.1) is 5.92 Å². The molecule has 26 heavy (non-hydrogen) atoms. The third-order valence-electron chi connectivity index (χ3n) is 4.39. The third kappa shape index (κ3) is 3.26. The number of nitrogens with one attached hydrogen (secondary N) is 2. The number of amides is 2. The molecule has 3 rings (SSSR count). The summed E-state index contributed by atoms with van der Waals surface area (Å²) >= 11 is 0. The standard InChI is InChI=1S/C20H20N2O4/c1-12-17(19(23)13-7-5-4-6-8-13)18(22-20(24)21-12)15-10-9-14(25-2)11-16(15)26-3/h4-11,17-18H,1H2,2-3H3,(H2,21,22,24)/t17-,18+/m1/s1. The van der Waals surface area contributed by atoms with Crippen LogP contribution in [0.5, 0.6) is 11.5 Å². The monoisotopic (exact) mass is 352 g/mol. The number of ketones is 1. The van der Waals surface area contributed by atoms with Gasteiger partial charge in [0.2, 0.25) is 0 Å². The number of urea groups is 1. The highest BCUT2D eigenvalue weighted by Gasteiger charge is 2.39. The quantitative estimate of drug-likeness (QED) is 0.811. The Morgan fingerprint density at radius 3 is 2.46 bits per heavy atom. The molecule has 0 saturated carbocycles. The average Bonchev–Trinajstić information content (AvgIpc) is 2.67. The molecule has 2 N–H and O–H groups in total. The molecule has 1 aliphatic heterocycles. The lowest BCUT2D eigenvalue weighted by molar-refractivity contribution is 0.0904. The number of carbonyl (C=O) groups is 2. The Labute approximate surface area is 151 Å². The van der Waals surface area contributed by atoms with Crippen molar-refractivity contribution in [2.45, 2.75) is 6.04 Å². The Hall–Kier alpha value is -3.28. The van der Waals surface area contributed by atoms with Crippen molar-refractivity contribution < 1.29 is 19.1 Å². The van der Waals surface area contributed by atoms with Gasteiger partial charge < -0.3 is 20.1 Å². The van der Waals surface area contributed by atoms with Gasteiger partial charge in [-0.05, 0) is 12.1 Å². The van der Waals surface area contributed by atoms with Crippen LogP contribution in [-0.4, -0.2) is 26.0 Å². The van der Waals surface area contributed by atoms with E-state index in [4.69, 9.17) is 9.47 Å². The minimum absolute atomic E-state index is 0.133. The van der Waals surface area contributed by atoms with Gasteiger partial charge in [0.05, 0.1) is 26.2 Å².